The summed E-state index contributed by atoms with van der Waals surface area (Å²) in [6.45, 7) is 8.68. The van der Waals surface area contributed by atoms with Gasteiger partial charge >= 0.3 is 5.97 Å². The van der Waals surface area contributed by atoms with Crippen molar-refractivity contribution in [3.05, 3.63) is 94.5 Å². The maximum Gasteiger partial charge on any atom is 0.341 e. The van der Waals surface area contributed by atoms with E-state index >= 15 is 0 Å². The molecule has 0 aliphatic carbocycles. The van der Waals surface area contributed by atoms with Crippen molar-refractivity contribution < 1.29 is 19.4 Å². The summed E-state index contributed by atoms with van der Waals surface area (Å²) in [7, 11) is 0. The van der Waals surface area contributed by atoms with Gasteiger partial charge in [-0.15, -0.1) is 0 Å². The zero-order valence-corrected chi connectivity index (χ0v) is 19.4. The fourth-order valence-electron chi connectivity index (χ4n) is 4.33. The van der Waals surface area contributed by atoms with E-state index < -0.39 is 5.97 Å². The van der Waals surface area contributed by atoms with Gasteiger partial charge in [0.25, 0.3) is 0 Å². The molecule has 0 bridgehead atoms. The smallest absolute Gasteiger partial charge is 0.341 e. The second kappa shape index (κ2) is 10.4. The number of carboxylic acid groups (broad SMARTS) is 1. The van der Waals surface area contributed by atoms with E-state index in [-0.39, 0.29) is 12.0 Å². The zero-order chi connectivity index (χ0) is 23.1. The van der Waals surface area contributed by atoms with Gasteiger partial charge in [-0.1, -0.05) is 68.4 Å². The molecule has 168 valence electrons. The van der Waals surface area contributed by atoms with Crippen LogP contribution in [0.15, 0.2) is 66.7 Å². The van der Waals surface area contributed by atoms with Crippen molar-refractivity contribution >= 4 is 5.97 Å². The third-order valence-corrected chi connectivity index (χ3v) is 6.25. The third kappa shape index (κ3) is 5.13. The van der Waals surface area contributed by atoms with Crippen LogP contribution in [-0.2, 0) is 16.8 Å². The van der Waals surface area contributed by atoms with Crippen molar-refractivity contribution in [3.8, 4) is 11.5 Å². The number of carbonyl (C=O) groups is 1. The highest BCUT2D eigenvalue weighted by Gasteiger charge is 2.31. The Hall–Kier alpha value is -3.27. The van der Waals surface area contributed by atoms with E-state index in [2.05, 4.69) is 63.2 Å². The van der Waals surface area contributed by atoms with E-state index in [0.29, 0.717) is 12.4 Å². The van der Waals surface area contributed by atoms with E-state index in [9.17, 15) is 4.79 Å². The SMILES string of the molecule is CCC(CC)(c1ccc(OCC(=O)O)c(C)c1)c1ccc(OCc2ccccc2)c(C)c1. The van der Waals surface area contributed by atoms with Gasteiger partial charge in [0.1, 0.15) is 18.1 Å². The first-order valence-corrected chi connectivity index (χ1v) is 11.1. The Balaban J connectivity index is 1.87. The molecule has 0 saturated heterocycles. The second-order valence-electron chi connectivity index (χ2n) is 8.21. The van der Waals surface area contributed by atoms with Crippen LogP contribution in [0.25, 0.3) is 0 Å². The number of benzene rings is 3. The number of aryl methyl sites for hydroxylation is 2. The number of hydrogen-bond acceptors (Lipinski definition) is 3. The van der Waals surface area contributed by atoms with Crippen molar-refractivity contribution in [1.29, 1.82) is 0 Å². The molecule has 0 unspecified atom stereocenters. The van der Waals surface area contributed by atoms with Crippen LogP contribution in [-0.4, -0.2) is 17.7 Å². The quantitative estimate of drug-likeness (QED) is 0.400. The van der Waals surface area contributed by atoms with Crippen molar-refractivity contribution in [1.82, 2.24) is 0 Å². The fraction of sp³-hybridized carbons (Fsp3) is 0.321. The minimum Gasteiger partial charge on any atom is -0.489 e. The van der Waals surface area contributed by atoms with E-state index in [0.717, 1.165) is 35.3 Å². The lowest BCUT2D eigenvalue weighted by molar-refractivity contribution is -0.139. The molecule has 32 heavy (non-hydrogen) atoms. The van der Waals surface area contributed by atoms with Gasteiger partial charge < -0.3 is 14.6 Å². The number of carboxylic acids is 1. The van der Waals surface area contributed by atoms with E-state index in [1.165, 1.54) is 11.1 Å². The number of aliphatic carboxylic acids is 1. The van der Waals surface area contributed by atoms with Gasteiger partial charge in [-0.05, 0) is 66.6 Å². The van der Waals surface area contributed by atoms with Gasteiger partial charge in [-0.3, -0.25) is 0 Å². The van der Waals surface area contributed by atoms with Crippen LogP contribution in [0.5, 0.6) is 11.5 Å². The summed E-state index contributed by atoms with van der Waals surface area (Å²) < 4.78 is 11.5. The highest BCUT2D eigenvalue weighted by Crippen LogP contribution is 2.41. The summed E-state index contributed by atoms with van der Waals surface area (Å²) in [5.74, 6) is 0.528. The second-order valence-corrected chi connectivity index (χ2v) is 8.21. The lowest BCUT2D eigenvalue weighted by Gasteiger charge is -2.34. The number of rotatable bonds is 10. The third-order valence-electron chi connectivity index (χ3n) is 6.25. The number of ether oxygens (including phenoxy) is 2. The van der Waals surface area contributed by atoms with Crippen molar-refractivity contribution in [2.45, 2.75) is 52.6 Å². The van der Waals surface area contributed by atoms with Crippen LogP contribution >= 0.6 is 0 Å². The minimum atomic E-state index is -0.977. The molecule has 3 aromatic carbocycles. The van der Waals surface area contributed by atoms with Crippen LogP contribution in [0.2, 0.25) is 0 Å². The first-order chi connectivity index (χ1) is 15.4. The Morgan fingerprint density at radius 2 is 1.34 bits per heavy atom. The summed E-state index contributed by atoms with van der Waals surface area (Å²) in [6.07, 6.45) is 1.89. The van der Waals surface area contributed by atoms with Gasteiger partial charge in [0.15, 0.2) is 6.61 Å². The molecule has 0 heterocycles. The van der Waals surface area contributed by atoms with E-state index in [4.69, 9.17) is 14.6 Å². The molecule has 0 fully saturated rings. The molecule has 0 atom stereocenters. The molecule has 0 aliphatic heterocycles. The van der Waals surface area contributed by atoms with Crippen molar-refractivity contribution in [2.24, 2.45) is 0 Å². The molecule has 1 N–H and O–H groups in total. The normalized spacial score (nSPS) is 11.2. The van der Waals surface area contributed by atoms with Crippen molar-refractivity contribution in [2.75, 3.05) is 6.61 Å². The molecule has 0 saturated carbocycles. The molecule has 0 spiro atoms. The van der Waals surface area contributed by atoms with Crippen LogP contribution < -0.4 is 9.47 Å². The van der Waals surface area contributed by atoms with Crippen LogP contribution in [0.4, 0.5) is 0 Å². The maximum atomic E-state index is 10.8. The van der Waals surface area contributed by atoms with Gasteiger partial charge in [-0.25, -0.2) is 4.79 Å². The molecule has 3 rings (SSSR count). The summed E-state index contributed by atoms with van der Waals surface area (Å²) in [6, 6.07) is 22.7. The maximum absolute atomic E-state index is 10.8. The lowest BCUT2D eigenvalue weighted by atomic mass is 9.70. The molecular weight excluding hydrogens is 400 g/mol. The highest BCUT2D eigenvalue weighted by molar-refractivity contribution is 5.68. The summed E-state index contributed by atoms with van der Waals surface area (Å²) in [4.78, 5) is 10.8. The molecule has 0 amide bonds. The first-order valence-electron chi connectivity index (χ1n) is 11.1. The van der Waals surface area contributed by atoms with Gasteiger partial charge in [0.05, 0.1) is 0 Å². The minimum absolute atomic E-state index is 0.140. The monoisotopic (exact) mass is 432 g/mol. The Bertz CT molecular complexity index is 1050. The number of hydrogen-bond donors (Lipinski definition) is 1. The lowest BCUT2D eigenvalue weighted by Crippen LogP contribution is -2.26. The fourth-order valence-corrected chi connectivity index (χ4v) is 4.33. The molecule has 4 nitrogen and oxygen atoms in total. The van der Waals surface area contributed by atoms with Gasteiger partial charge in [0, 0.05) is 5.41 Å². The Labute approximate surface area is 190 Å². The molecule has 3 aromatic rings. The Kier molecular flexibility index (Phi) is 7.57. The summed E-state index contributed by atoms with van der Waals surface area (Å²) >= 11 is 0. The average molecular weight is 433 g/mol. The van der Waals surface area contributed by atoms with Crippen LogP contribution in [0.1, 0.15) is 54.5 Å². The molecule has 4 heteroatoms. The predicted octanol–water partition coefficient (Wildman–Crippen LogP) is 6.45. The van der Waals surface area contributed by atoms with E-state index in [1.54, 1.807) is 0 Å². The van der Waals surface area contributed by atoms with Crippen LogP contribution in [0.3, 0.4) is 0 Å². The summed E-state index contributed by atoms with van der Waals surface area (Å²) in [5.41, 5.74) is 5.52. The van der Waals surface area contributed by atoms with E-state index in [1.807, 2.05) is 31.2 Å². The molecule has 0 aliphatic rings. The zero-order valence-electron chi connectivity index (χ0n) is 19.4. The Morgan fingerprint density at radius 1 is 0.812 bits per heavy atom. The van der Waals surface area contributed by atoms with Crippen LogP contribution in [0, 0.1) is 13.8 Å². The molecule has 0 radical (unpaired) electrons. The topological polar surface area (TPSA) is 55.8 Å². The standard InChI is InChI=1S/C28H32O4/c1-5-28(6-2,24-13-15-26(21(4)17-24)32-19-27(29)30)23-12-14-25(20(3)16-23)31-18-22-10-8-7-9-11-22/h7-17H,5-6,18-19H2,1-4H3,(H,29,30). The van der Waals surface area contributed by atoms with Crippen molar-refractivity contribution in [3.63, 3.8) is 0 Å². The largest absolute Gasteiger partial charge is 0.489 e. The summed E-state index contributed by atoms with van der Waals surface area (Å²) in [5, 5.41) is 8.89. The van der Waals surface area contributed by atoms with Gasteiger partial charge in [0.2, 0.25) is 0 Å². The average Bonchev–Trinajstić information content (AvgIpc) is 2.79. The van der Waals surface area contributed by atoms with Gasteiger partial charge in [-0.2, -0.15) is 0 Å². The Morgan fingerprint density at radius 3 is 1.81 bits per heavy atom. The predicted molar refractivity (Wildman–Crippen MR) is 128 cm³/mol. The highest BCUT2D eigenvalue weighted by atomic mass is 16.5. The molecular formula is C28H32O4. The molecule has 0 aromatic heterocycles. The first kappa shape index (κ1) is 23.4.